The number of sulfone groups is 1. The lowest BCUT2D eigenvalue weighted by molar-refractivity contribution is 0.318. The van der Waals surface area contributed by atoms with E-state index < -0.39 is 9.84 Å². The van der Waals surface area contributed by atoms with Gasteiger partial charge in [-0.05, 0) is 31.4 Å². The first-order chi connectivity index (χ1) is 12.7. The zero-order valence-electron chi connectivity index (χ0n) is 16.2. The fraction of sp³-hybridized carbons (Fsp3) is 0.474. The van der Waals surface area contributed by atoms with Crippen LogP contribution < -0.4 is 10.5 Å². The summed E-state index contributed by atoms with van der Waals surface area (Å²) >= 11 is 0. The largest absolute Gasteiger partial charge is 0.493 e. The van der Waals surface area contributed by atoms with Crippen LogP contribution in [0.3, 0.4) is 0 Å². The third kappa shape index (κ3) is 4.32. The zero-order chi connectivity index (χ0) is 19.8. The fourth-order valence-corrected chi connectivity index (χ4v) is 3.83. The molecule has 7 nitrogen and oxygen atoms in total. The molecular weight excluding hydrogens is 364 g/mol. The number of nitrogens with zero attached hydrogens (tertiary/aromatic N) is 3. The fourth-order valence-electron chi connectivity index (χ4n) is 3.19. The van der Waals surface area contributed by atoms with Gasteiger partial charge in [0.2, 0.25) is 0 Å². The first kappa shape index (κ1) is 19.4. The van der Waals surface area contributed by atoms with Crippen molar-refractivity contribution in [2.45, 2.75) is 33.7 Å². The second-order valence-electron chi connectivity index (χ2n) is 7.37. The zero-order valence-corrected chi connectivity index (χ0v) is 17.0. The molecule has 0 amide bonds. The van der Waals surface area contributed by atoms with Crippen LogP contribution in [0.25, 0.3) is 21.9 Å². The number of nitrogen functional groups attached to an aromatic ring is 1. The van der Waals surface area contributed by atoms with Gasteiger partial charge in [0.25, 0.3) is 0 Å². The van der Waals surface area contributed by atoms with Crippen molar-refractivity contribution in [2.24, 2.45) is 5.92 Å². The number of hydrogen-bond donors (Lipinski definition) is 1. The predicted molar refractivity (Wildman–Crippen MR) is 109 cm³/mol. The second kappa shape index (κ2) is 7.34. The Hall–Kier alpha value is -2.35. The topological polar surface area (TPSA) is 100 Å². The average Bonchev–Trinajstić information content (AvgIpc) is 2.88. The number of anilines is 1. The minimum atomic E-state index is -2.97. The number of hydrogen-bond acceptors (Lipinski definition) is 6. The maximum Gasteiger partial charge on any atom is 0.152 e. The summed E-state index contributed by atoms with van der Waals surface area (Å²) in [5.41, 5.74) is 8.62. The lowest BCUT2D eigenvalue weighted by Gasteiger charge is -2.12. The van der Waals surface area contributed by atoms with E-state index in [2.05, 4.69) is 28.4 Å². The molecule has 0 saturated heterocycles. The van der Waals surface area contributed by atoms with Crippen molar-refractivity contribution in [3.8, 4) is 5.75 Å². The molecule has 27 heavy (non-hydrogen) atoms. The maximum absolute atomic E-state index is 11.2. The highest BCUT2D eigenvalue weighted by molar-refractivity contribution is 7.90. The second-order valence-corrected chi connectivity index (χ2v) is 9.63. The summed E-state index contributed by atoms with van der Waals surface area (Å²) in [6.07, 6.45) is 1.68. The maximum atomic E-state index is 11.2. The van der Waals surface area contributed by atoms with Gasteiger partial charge in [0.1, 0.15) is 26.9 Å². The lowest BCUT2D eigenvalue weighted by Crippen LogP contribution is -2.08. The van der Waals surface area contributed by atoms with Gasteiger partial charge in [-0.15, -0.1) is 0 Å². The van der Waals surface area contributed by atoms with Crippen molar-refractivity contribution in [1.29, 1.82) is 0 Å². The third-order valence-electron chi connectivity index (χ3n) is 4.34. The molecule has 3 aromatic rings. The summed E-state index contributed by atoms with van der Waals surface area (Å²) < 4.78 is 30.3. The number of fused-ring (bicyclic) bond motifs is 3. The summed E-state index contributed by atoms with van der Waals surface area (Å²) in [7, 11) is -2.97. The van der Waals surface area contributed by atoms with Crippen molar-refractivity contribution < 1.29 is 13.2 Å². The van der Waals surface area contributed by atoms with Gasteiger partial charge in [-0.1, -0.05) is 13.8 Å². The van der Waals surface area contributed by atoms with Crippen molar-refractivity contribution in [1.82, 2.24) is 14.5 Å². The highest BCUT2D eigenvalue weighted by atomic mass is 32.2. The lowest BCUT2D eigenvalue weighted by atomic mass is 10.1. The molecule has 8 heteroatoms. The molecule has 2 aromatic heterocycles. The van der Waals surface area contributed by atoms with Crippen LogP contribution in [0.1, 0.15) is 26.1 Å². The molecule has 0 atom stereocenters. The number of rotatable bonds is 7. The summed E-state index contributed by atoms with van der Waals surface area (Å²) in [5, 5.41) is 0.976. The Morgan fingerprint density at radius 2 is 2.00 bits per heavy atom. The van der Waals surface area contributed by atoms with Gasteiger partial charge in [-0.3, -0.25) is 0 Å². The van der Waals surface area contributed by atoms with Crippen LogP contribution in [0, 0.1) is 12.8 Å². The van der Waals surface area contributed by atoms with Gasteiger partial charge in [-0.2, -0.15) is 0 Å². The summed E-state index contributed by atoms with van der Waals surface area (Å²) in [4.78, 5) is 9.10. The van der Waals surface area contributed by atoms with E-state index in [0.29, 0.717) is 30.5 Å². The van der Waals surface area contributed by atoms with Gasteiger partial charge in [-0.25, -0.2) is 18.4 Å². The number of benzene rings is 1. The first-order valence-corrected chi connectivity index (χ1v) is 11.1. The molecule has 0 aliphatic rings. The molecule has 1 aromatic carbocycles. The molecule has 0 bridgehead atoms. The molecule has 0 spiro atoms. The van der Waals surface area contributed by atoms with Crippen LogP contribution in [0.15, 0.2) is 18.2 Å². The van der Waals surface area contributed by atoms with Crippen LogP contribution in [0.5, 0.6) is 5.75 Å². The van der Waals surface area contributed by atoms with Crippen LogP contribution in [0.2, 0.25) is 0 Å². The molecule has 3 rings (SSSR count). The third-order valence-corrected chi connectivity index (χ3v) is 5.37. The number of ether oxygens (including phenoxy) is 1. The molecule has 0 fully saturated rings. The Morgan fingerprint density at radius 1 is 1.26 bits per heavy atom. The highest BCUT2D eigenvalue weighted by Crippen LogP contribution is 2.31. The summed E-state index contributed by atoms with van der Waals surface area (Å²) in [6, 6.07) is 5.68. The van der Waals surface area contributed by atoms with Gasteiger partial charge in [0.05, 0.1) is 23.4 Å². The number of pyridine rings is 1. The van der Waals surface area contributed by atoms with Gasteiger partial charge < -0.3 is 15.0 Å². The van der Waals surface area contributed by atoms with Crippen molar-refractivity contribution >= 4 is 37.6 Å². The molecule has 0 radical (unpaired) electrons. The predicted octanol–water partition coefficient (Wildman–Crippen LogP) is 2.94. The van der Waals surface area contributed by atoms with Crippen LogP contribution >= 0.6 is 0 Å². The van der Waals surface area contributed by atoms with E-state index in [0.717, 1.165) is 34.3 Å². The smallest absolute Gasteiger partial charge is 0.152 e. The molecular formula is C19H26N4O3S. The van der Waals surface area contributed by atoms with E-state index in [-0.39, 0.29) is 5.75 Å². The van der Waals surface area contributed by atoms with Gasteiger partial charge in [0, 0.05) is 24.3 Å². The molecule has 0 unspecified atom stereocenters. The van der Waals surface area contributed by atoms with Crippen molar-refractivity contribution in [3.63, 3.8) is 0 Å². The Labute approximate surface area is 159 Å². The molecule has 0 saturated carbocycles. The summed E-state index contributed by atoms with van der Waals surface area (Å²) in [5.74, 6) is 2.55. The van der Waals surface area contributed by atoms with Crippen LogP contribution in [0.4, 0.5) is 5.82 Å². The van der Waals surface area contributed by atoms with E-state index in [1.807, 2.05) is 25.1 Å². The minimum Gasteiger partial charge on any atom is -0.493 e. The van der Waals surface area contributed by atoms with Gasteiger partial charge in [0.15, 0.2) is 5.82 Å². The number of imidazole rings is 1. The van der Waals surface area contributed by atoms with E-state index in [4.69, 9.17) is 10.5 Å². The van der Waals surface area contributed by atoms with E-state index in [1.165, 1.54) is 6.26 Å². The molecule has 2 heterocycles. The average molecular weight is 391 g/mol. The van der Waals surface area contributed by atoms with Crippen LogP contribution in [-0.2, 0) is 16.4 Å². The normalized spacial score (nSPS) is 12.3. The number of aromatic nitrogens is 3. The van der Waals surface area contributed by atoms with E-state index >= 15 is 0 Å². The number of aryl methyl sites for hydroxylation is 1. The minimum absolute atomic E-state index is 0.111. The standard InChI is InChI=1S/C19H26N4O3S/c1-12(2)11-23-13(3)21-17-18(23)15-7-6-14(10-16(15)22-19(17)20)26-8-5-9-27(4,24)25/h6-7,10,12H,5,8-9,11H2,1-4H3,(H2,20,22). The molecule has 146 valence electrons. The molecule has 0 aliphatic carbocycles. The van der Waals surface area contributed by atoms with E-state index in [9.17, 15) is 8.42 Å². The number of nitrogens with two attached hydrogens (primary N) is 1. The van der Waals surface area contributed by atoms with Gasteiger partial charge >= 0.3 is 0 Å². The Kier molecular flexibility index (Phi) is 5.28. The Bertz CT molecular complexity index is 1090. The molecule has 2 N–H and O–H groups in total. The first-order valence-electron chi connectivity index (χ1n) is 9.02. The van der Waals surface area contributed by atoms with Crippen LogP contribution in [-0.4, -0.2) is 41.6 Å². The van der Waals surface area contributed by atoms with Crippen molar-refractivity contribution in [2.75, 3.05) is 24.3 Å². The summed E-state index contributed by atoms with van der Waals surface area (Å²) in [6.45, 7) is 7.50. The SMILES string of the molecule is Cc1nc2c(N)nc3cc(OCCCS(C)(=O)=O)ccc3c2n1CC(C)C. The quantitative estimate of drug-likeness (QED) is 0.623. The Balaban J connectivity index is 1.96. The highest BCUT2D eigenvalue weighted by Gasteiger charge is 2.16. The monoisotopic (exact) mass is 390 g/mol. The van der Waals surface area contributed by atoms with E-state index in [1.54, 1.807) is 0 Å². The van der Waals surface area contributed by atoms with Crippen molar-refractivity contribution in [3.05, 3.63) is 24.0 Å². The Morgan fingerprint density at radius 3 is 2.67 bits per heavy atom. The molecule has 0 aliphatic heterocycles.